The Kier molecular flexibility index (Phi) is 8.08. The van der Waals surface area contributed by atoms with E-state index in [0.29, 0.717) is 30.0 Å². The largest absolute Gasteiger partial charge is 0.493 e. The Labute approximate surface area is 187 Å². The van der Waals surface area contributed by atoms with Gasteiger partial charge in [-0.3, -0.25) is 4.79 Å². The second kappa shape index (κ2) is 11.0. The Morgan fingerprint density at radius 1 is 1.12 bits per heavy atom. The van der Waals surface area contributed by atoms with E-state index in [1.807, 2.05) is 6.07 Å². The molecular weight excluding hydrogens is 414 g/mol. The molecule has 3 N–H and O–H groups in total. The van der Waals surface area contributed by atoms with Gasteiger partial charge in [-0.25, -0.2) is 4.79 Å². The van der Waals surface area contributed by atoms with Crippen LogP contribution in [0, 0.1) is 0 Å². The van der Waals surface area contributed by atoms with Crippen molar-refractivity contribution in [1.29, 1.82) is 0 Å². The molecule has 0 aliphatic carbocycles. The highest BCUT2D eigenvalue weighted by Crippen LogP contribution is 2.31. The maximum atomic E-state index is 11.5. The summed E-state index contributed by atoms with van der Waals surface area (Å²) in [5.41, 5.74) is 2.42. The van der Waals surface area contributed by atoms with Crippen molar-refractivity contribution in [1.82, 2.24) is 0 Å². The molecule has 2 atom stereocenters. The molecule has 2 aromatic carbocycles. The van der Waals surface area contributed by atoms with Crippen LogP contribution in [0.15, 0.2) is 42.5 Å². The van der Waals surface area contributed by atoms with Crippen LogP contribution in [0.3, 0.4) is 0 Å². The van der Waals surface area contributed by atoms with Crippen molar-refractivity contribution in [2.24, 2.45) is 0 Å². The average Bonchev–Trinajstić information content (AvgIpc) is 2.74. The SMILES string of the molecule is CC(C)OC(Cc1ccc(OCCC(O)Oc2cccc3c2CCC(=O)N3)cc1)C(=O)O. The molecular formula is C24H29NO7. The summed E-state index contributed by atoms with van der Waals surface area (Å²) >= 11 is 0. The van der Waals surface area contributed by atoms with Crippen molar-refractivity contribution >= 4 is 17.6 Å². The molecule has 8 nitrogen and oxygen atoms in total. The van der Waals surface area contributed by atoms with E-state index in [1.54, 1.807) is 50.2 Å². The van der Waals surface area contributed by atoms with Crippen molar-refractivity contribution in [2.45, 2.75) is 58.0 Å². The van der Waals surface area contributed by atoms with Gasteiger partial charge in [0, 0.05) is 30.5 Å². The number of carbonyl (C=O) groups excluding carboxylic acids is 1. The molecule has 1 aliphatic heterocycles. The lowest BCUT2D eigenvalue weighted by Gasteiger charge is -2.22. The molecule has 1 aliphatic rings. The van der Waals surface area contributed by atoms with E-state index in [0.717, 1.165) is 11.1 Å². The normalized spacial score (nSPS) is 14.9. The molecule has 8 heteroatoms. The first-order chi connectivity index (χ1) is 15.3. The Hall–Kier alpha value is -3.10. The van der Waals surface area contributed by atoms with Gasteiger partial charge in [0.25, 0.3) is 0 Å². The van der Waals surface area contributed by atoms with Crippen LogP contribution in [-0.4, -0.2) is 47.2 Å². The van der Waals surface area contributed by atoms with E-state index in [1.165, 1.54) is 0 Å². The van der Waals surface area contributed by atoms with Gasteiger partial charge in [0.1, 0.15) is 11.5 Å². The summed E-state index contributed by atoms with van der Waals surface area (Å²) in [4.78, 5) is 22.9. The number of anilines is 1. The van der Waals surface area contributed by atoms with Crippen LogP contribution in [0.2, 0.25) is 0 Å². The van der Waals surface area contributed by atoms with Crippen molar-refractivity contribution in [2.75, 3.05) is 11.9 Å². The molecule has 2 unspecified atom stereocenters. The highest BCUT2D eigenvalue weighted by atomic mass is 16.6. The first kappa shape index (κ1) is 23.6. The van der Waals surface area contributed by atoms with Gasteiger partial charge >= 0.3 is 5.97 Å². The number of aliphatic hydroxyl groups excluding tert-OH is 1. The van der Waals surface area contributed by atoms with Gasteiger partial charge in [0.15, 0.2) is 6.10 Å². The number of ether oxygens (including phenoxy) is 3. The molecule has 3 rings (SSSR count). The third-order valence-corrected chi connectivity index (χ3v) is 4.96. The number of benzene rings is 2. The van der Waals surface area contributed by atoms with E-state index in [9.17, 15) is 19.8 Å². The zero-order valence-electron chi connectivity index (χ0n) is 18.2. The minimum Gasteiger partial charge on any atom is -0.493 e. The number of rotatable bonds is 11. The molecule has 1 amide bonds. The smallest absolute Gasteiger partial charge is 0.333 e. The summed E-state index contributed by atoms with van der Waals surface area (Å²) in [5.74, 6) is 0.143. The molecule has 0 saturated carbocycles. The third kappa shape index (κ3) is 6.70. The number of carboxylic acids is 1. The third-order valence-electron chi connectivity index (χ3n) is 4.96. The first-order valence-electron chi connectivity index (χ1n) is 10.7. The average molecular weight is 443 g/mol. The van der Waals surface area contributed by atoms with Gasteiger partial charge in [-0.05, 0) is 50.1 Å². The zero-order chi connectivity index (χ0) is 23.1. The predicted octanol–water partition coefficient (Wildman–Crippen LogP) is 3.16. The lowest BCUT2D eigenvalue weighted by molar-refractivity contribution is -0.153. The van der Waals surface area contributed by atoms with Crippen LogP contribution in [-0.2, 0) is 27.2 Å². The van der Waals surface area contributed by atoms with Crippen LogP contribution >= 0.6 is 0 Å². The second-order valence-electron chi connectivity index (χ2n) is 7.90. The van der Waals surface area contributed by atoms with Crippen molar-refractivity contribution in [3.8, 4) is 11.5 Å². The Morgan fingerprint density at radius 2 is 1.88 bits per heavy atom. The Bertz CT molecular complexity index is 926. The van der Waals surface area contributed by atoms with Gasteiger partial charge < -0.3 is 29.7 Å². The van der Waals surface area contributed by atoms with E-state index in [-0.39, 0.29) is 31.5 Å². The highest BCUT2D eigenvalue weighted by Gasteiger charge is 2.21. The minimum atomic E-state index is -1.05. The molecule has 0 aromatic heterocycles. The summed E-state index contributed by atoms with van der Waals surface area (Å²) in [6.07, 6.45) is -0.651. The number of carboxylic acid groups (broad SMARTS) is 1. The van der Waals surface area contributed by atoms with Crippen molar-refractivity contribution in [3.63, 3.8) is 0 Å². The van der Waals surface area contributed by atoms with Gasteiger partial charge in [-0.2, -0.15) is 0 Å². The van der Waals surface area contributed by atoms with Gasteiger partial charge in [-0.1, -0.05) is 18.2 Å². The molecule has 0 saturated heterocycles. The van der Waals surface area contributed by atoms with Crippen LogP contribution in [0.25, 0.3) is 0 Å². The molecule has 0 spiro atoms. The summed E-state index contributed by atoms with van der Waals surface area (Å²) in [7, 11) is 0. The lowest BCUT2D eigenvalue weighted by atomic mass is 10.0. The minimum absolute atomic E-state index is 0.0273. The van der Waals surface area contributed by atoms with Crippen LogP contribution in [0.4, 0.5) is 5.69 Å². The van der Waals surface area contributed by atoms with Gasteiger partial charge in [0.2, 0.25) is 12.2 Å². The highest BCUT2D eigenvalue weighted by molar-refractivity contribution is 5.94. The number of hydrogen-bond acceptors (Lipinski definition) is 6. The number of aliphatic carboxylic acids is 1. The standard InChI is InChI=1S/C24H29NO7/c1-15(2)31-21(24(28)29)14-16-6-8-17(9-7-16)30-13-12-23(27)32-20-5-3-4-19-18(20)10-11-22(26)25-19/h3-9,15,21,23,27H,10-14H2,1-2H3,(H,25,26)(H,28,29). The number of amides is 1. The van der Waals surface area contributed by atoms with Gasteiger partial charge in [-0.15, -0.1) is 0 Å². The Balaban J connectivity index is 1.47. The number of aliphatic hydroxyl groups is 1. The van der Waals surface area contributed by atoms with Crippen LogP contribution < -0.4 is 14.8 Å². The molecule has 172 valence electrons. The maximum absolute atomic E-state index is 11.5. The van der Waals surface area contributed by atoms with E-state index >= 15 is 0 Å². The number of carbonyl (C=O) groups is 2. The van der Waals surface area contributed by atoms with E-state index in [4.69, 9.17) is 14.2 Å². The molecule has 2 aromatic rings. The van der Waals surface area contributed by atoms with Crippen molar-refractivity contribution < 1.29 is 34.0 Å². The zero-order valence-corrected chi connectivity index (χ0v) is 18.2. The van der Waals surface area contributed by atoms with E-state index < -0.39 is 18.4 Å². The number of nitrogens with one attached hydrogen (secondary N) is 1. The van der Waals surface area contributed by atoms with E-state index in [2.05, 4.69) is 5.32 Å². The molecule has 1 heterocycles. The molecule has 32 heavy (non-hydrogen) atoms. The fourth-order valence-electron chi connectivity index (χ4n) is 3.44. The first-order valence-corrected chi connectivity index (χ1v) is 10.7. The van der Waals surface area contributed by atoms with Crippen molar-refractivity contribution in [3.05, 3.63) is 53.6 Å². The topological polar surface area (TPSA) is 114 Å². The number of hydrogen-bond donors (Lipinski definition) is 3. The summed E-state index contributed by atoms with van der Waals surface area (Å²) in [6, 6.07) is 12.5. The predicted molar refractivity (Wildman–Crippen MR) is 118 cm³/mol. The quantitative estimate of drug-likeness (QED) is 0.457. The van der Waals surface area contributed by atoms with Crippen LogP contribution in [0.1, 0.15) is 37.8 Å². The fourth-order valence-corrected chi connectivity index (χ4v) is 3.44. The van der Waals surface area contributed by atoms with Gasteiger partial charge in [0.05, 0.1) is 12.7 Å². The summed E-state index contributed by atoms with van der Waals surface area (Å²) in [5, 5.41) is 22.3. The lowest BCUT2D eigenvalue weighted by Crippen LogP contribution is -2.29. The number of fused-ring (bicyclic) bond motifs is 1. The van der Waals surface area contributed by atoms with Crippen LogP contribution in [0.5, 0.6) is 11.5 Å². The molecule has 0 radical (unpaired) electrons. The second-order valence-corrected chi connectivity index (χ2v) is 7.90. The Morgan fingerprint density at radius 3 is 2.56 bits per heavy atom. The maximum Gasteiger partial charge on any atom is 0.333 e. The molecule has 0 bridgehead atoms. The molecule has 0 fully saturated rings. The summed E-state index contributed by atoms with van der Waals surface area (Å²) < 4.78 is 16.8. The monoisotopic (exact) mass is 443 g/mol. The fraction of sp³-hybridized carbons (Fsp3) is 0.417. The summed E-state index contributed by atoms with van der Waals surface area (Å²) in [6.45, 7) is 3.84.